The van der Waals surface area contributed by atoms with Crippen LogP contribution >= 0.6 is 33.9 Å². The summed E-state index contributed by atoms with van der Waals surface area (Å²) in [6.07, 6.45) is 0.701. The summed E-state index contributed by atoms with van der Waals surface area (Å²) < 4.78 is 5.67. The fourth-order valence-electron chi connectivity index (χ4n) is 3.66. The van der Waals surface area contributed by atoms with Crippen LogP contribution < -0.4 is 15.4 Å². The number of methoxy groups -OCH3 is 1. The molecule has 8 heteroatoms. The van der Waals surface area contributed by atoms with E-state index in [2.05, 4.69) is 45.4 Å². The smallest absolute Gasteiger partial charge is 0.255 e. The van der Waals surface area contributed by atoms with E-state index in [9.17, 15) is 9.59 Å². The third kappa shape index (κ3) is 5.93. The molecular formula is C28H26IN3O3S. The monoisotopic (exact) mass is 611 g/mol. The molecule has 4 aromatic rings. The summed E-state index contributed by atoms with van der Waals surface area (Å²) >= 11 is 3.55. The van der Waals surface area contributed by atoms with E-state index >= 15 is 0 Å². The zero-order valence-corrected chi connectivity index (χ0v) is 22.9. The molecular weight excluding hydrogens is 585 g/mol. The van der Waals surface area contributed by atoms with Gasteiger partial charge in [-0.05, 0) is 24.6 Å². The first kappa shape index (κ1) is 25.8. The van der Waals surface area contributed by atoms with E-state index in [-0.39, 0.29) is 11.8 Å². The van der Waals surface area contributed by atoms with Crippen LogP contribution in [-0.2, 0) is 11.2 Å². The standard InChI is InChI=1S/C28H26IN3O3S/c1-28(18-29,32-25(33)21-15-9-10-16-22(21)35-2)26(34)31-27-30-24(20-13-7-4-8-14-20)23(36-27)17-19-11-5-3-6-12-19/h3-16H,17-18H2,1-2H3,(H,32,33)(H,30,31,34). The number of para-hydroxylation sites is 1. The summed E-state index contributed by atoms with van der Waals surface area (Å²) in [6, 6.07) is 27.0. The number of hydrogen-bond acceptors (Lipinski definition) is 5. The molecule has 184 valence electrons. The molecule has 1 atom stereocenters. The zero-order valence-electron chi connectivity index (χ0n) is 20.0. The van der Waals surface area contributed by atoms with Gasteiger partial charge in [0.25, 0.3) is 11.8 Å². The van der Waals surface area contributed by atoms with Crippen molar-refractivity contribution in [2.45, 2.75) is 18.9 Å². The molecule has 1 aromatic heterocycles. The van der Waals surface area contributed by atoms with Crippen LogP contribution in [0.2, 0.25) is 0 Å². The first-order valence-electron chi connectivity index (χ1n) is 11.4. The van der Waals surface area contributed by atoms with Crippen molar-refractivity contribution in [1.82, 2.24) is 10.3 Å². The molecule has 1 heterocycles. The fraction of sp³-hybridized carbons (Fsp3) is 0.179. The second-order valence-electron chi connectivity index (χ2n) is 8.39. The van der Waals surface area contributed by atoms with Crippen molar-refractivity contribution in [1.29, 1.82) is 0 Å². The highest BCUT2D eigenvalue weighted by atomic mass is 127. The van der Waals surface area contributed by atoms with Crippen molar-refractivity contribution in [2.75, 3.05) is 16.9 Å². The summed E-state index contributed by atoms with van der Waals surface area (Å²) in [4.78, 5) is 32.3. The number of carbonyl (C=O) groups is 2. The first-order valence-corrected chi connectivity index (χ1v) is 13.7. The Morgan fingerprint density at radius 1 is 0.972 bits per heavy atom. The zero-order chi connectivity index (χ0) is 25.5. The van der Waals surface area contributed by atoms with Gasteiger partial charge in [0.05, 0.1) is 18.4 Å². The summed E-state index contributed by atoms with van der Waals surface area (Å²) in [5, 5.41) is 6.33. The molecule has 2 amide bonds. The van der Waals surface area contributed by atoms with Gasteiger partial charge in [0.15, 0.2) is 5.13 Å². The maximum absolute atomic E-state index is 13.4. The number of anilines is 1. The van der Waals surface area contributed by atoms with Gasteiger partial charge in [-0.3, -0.25) is 14.9 Å². The van der Waals surface area contributed by atoms with Crippen molar-refractivity contribution in [3.05, 3.63) is 101 Å². The molecule has 0 aliphatic rings. The molecule has 0 fully saturated rings. The van der Waals surface area contributed by atoms with Gasteiger partial charge < -0.3 is 10.1 Å². The number of amides is 2. The van der Waals surface area contributed by atoms with E-state index in [0.717, 1.165) is 21.7 Å². The minimum Gasteiger partial charge on any atom is -0.496 e. The topological polar surface area (TPSA) is 80.3 Å². The second kappa shape index (κ2) is 11.7. The van der Waals surface area contributed by atoms with Crippen LogP contribution in [0.4, 0.5) is 5.13 Å². The maximum atomic E-state index is 13.4. The van der Waals surface area contributed by atoms with Crippen molar-refractivity contribution in [3.63, 3.8) is 0 Å². The Hall–Kier alpha value is -3.24. The Morgan fingerprint density at radius 3 is 2.28 bits per heavy atom. The highest BCUT2D eigenvalue weighted by Crippen LogP contribution is 2.33. The molecule has 0 radical (unpaired) electrons. The Balaban J connectivity index is 1.58. The second-order valence-corrected chi connectivity index (χ2v) is 10.2. The number of halogens is 1. The number of nitrogens with zero attached hydrogens (tertiary/aromatic N) is 1. The molecule has 0 aliphatic carbocycles. The highest BCUT2D eigenvalue weighted by Gasteiger charge is 2.35. The molecule has 4 rings (SSSR count). The van der Waals surface area contributed by atoms with E-state index in [1.54, 1.807) is 31.2 Å². The lowest BCUT2D eigenvalue weighted by Gasteiger charge is -2.27. The Labute approximate surface area is 228 Å². The van der Waals surface area contributed by atoms with Crippen LogP contribution in [0.25, 0.3) is 11.3 Å². The van der Waals surface area contributed by atoms with Gasteiger partial charge >= 0.3 is 0 Å². The molecule has 0 spiro atoms. The number of rotatable bonds is 9. The molecule has 36 heavy (non-hydrogen) atoms. The number of carbonyl (C=O) groups excluding carboxylic acids is 2. The molecule has 0 saturated heterocycles. The quantitative estimate of drug-likeness (QED) is 0.181. The summed E-state index contributed by atoms with van der Waals surface area (Å²) in [5.41, 5.74) is 2.21. The van der Waals surface area contributed by atoms with E-state index in [0.29, 0.717) is 27.3 Å². The average molecular weight is 612 g/mol. The minimum atomic E-state index is -1.16. The molecule has 3 aromatic carbocycles. The Bertz CT molecular complexity index is 1340. The van der Waals surface area contributed by atoms with Crippen LogP contribution in [0.5, 0.6) is 5.75 Å². The number of thiazole rings is 1. The molecule has 0 aliphatic heterocycles. The lowest BCUT2D eigenvalue weighted by atomic mass is 10.0. The van der Waals surface area contributed by atoms with Crippen LogP contribution in [0.1, 0.15) is 27.7 Å². The number of nitrogens with one attached hydrogen (secondary N) is 2. The van der Waals surface area contributed by atoms with E-state index < -0.39 is 5.54 Å². The van der Waals surface area contributed by atoms with Gasteiger partial charge in [-0.2, -0.15) is 0 Å². The third-order valence-corrected chi connectivity index (χ3v) is 8.18. The van der Waals surface area contributed by atoms with Crippen molar-refractivity contribution < 1.29 is 14.3 Å². The van der Waals surface area contributed by atoms with E-state index in [1.165, 1.54) is 18.4 Å². The number of benzene rings is 3. The van der Waals surface area contributed by atoms with Gasteiger partial charge in [0.1, 0.15) is 11.3 Å². The normalized spacial score (nSPS) is 12.4. The average Bonchev–Trinajstić information content (AvgIpc) is 3.31. The molecule has 6 nitrogen and oxygen atoms in total. The lowest BCUT2D eigenvalue weighted by molar-refractivity contribution is -0.120. The summed E-state index contributed by atoms with van der Waals surface area (Å²) in [7, 11) is 1.51. The summed E-state index contributed by atoms with van der Waals surface area (Å²) in [5.74, 6) is -0.264. The number of aromatic nitrogens is 1. The van der Waals surface area contributed by atoms with Gasteiger partial charge in [0, 0.05) is 21.3 Å². The van der Waals surface area contributed by atoms with Crippen LogP contribution in [0.3, 0.4) is 0 Å². The van der Waals surface area contributed by atoms with E-state index in [4.69, 9.17) is 9.72 Å². The van der Waals surface area contributed by atoms with Crippen LogP contribution in [0.15, 0.2) is 84.9 Å². The van der Waals surface area contributed by atoms with Crippen LogP contribution in [0, 0.1) is 0 Å². The van der Waals surface area contributed by atoms with Crippen LogP contribution in [-0.4, -0.2) is 33.9 Å². The Kier molecular flexibility index (Phi) is 8.37. The van der Waals surface area contributed by atoms with Gasteiger partial charge in [0.2, 0.25) is 0 Å². The number of hydrogen-bond donors (Lipinski definition) is 2. The molecule has 2 N–H and O–H groups in total. The minimum absolute atomic E-state index is 0.334. The number of alkyl halides is 1. The Morgan fingerprint density at radius 2 is 1.61 bits per heavy atom. The molecule has 0 bridgehead atoms. The van der Waals surface area contributed by atoms with Gasteiger partial charge in [-0.15, -0.1) is 11.3 Å². The highest BCUT2D eigenvalue weighted by molar-refractivity contribution is 14.1. The van der Waals surface area contributed by atoms with Gasteiger partial charge in [-0.25, -0.2) is 4.98 Å². The third-order valence-electron chi connectivity index (χ3n) is 5.68. The number of ether oxygens (including phenoxy) is 1. The first-order chi connectivity index (χ1) is 17.4. The SMILES string of the molecule is COc1ccccc1C(=O)NC(C)(CI)C(=O)Nc1nc(-c2ccccc2)c(Cc2ccccc2)s1. The van der Waals surface area contributed by atoms with Crippen molar-refractivity contribution >= 4 is 50.9 Å². The fourth-order valence-corrected chi connectivity index (χ4v) is 5.21. The maximum Gasteiger partial charge on any atom is 0.255 e. The summed E-state index contributed by atoms with van der Waals surface area (Å²) in [6.45, 7) is 1.71. The van der Waals surface area contributed by atoms with Gasteiger partial charge in [-0.1, -0.05) is 95.4 Å². The molecule has 0 saturated carbocycles. The predicted molar refractivity (Wildman–Crippen MR) is 153 cm³/mol. The largest absolute Gasteiger partial charge is 0.496 e. The predicted octanol–water partition coefficient (Wildman–Crippen LogP) is 5.97. The molecule has 1 unspecified atom stereocenters. The lowest BCUT2D eigenvalue weighted by Crippen LogP contribution is -2.56. The van der Waals surface area contributed by atoms with Crippen molar-refractivity contribution in [2.24, 2.45) is 0 Å². The van der Waals surface area contributed by atoms with E-state index in [1.807, 2.05) is 48.5 Å². The van der Waals surface area contributed by atoms with Crippen molar-refractivity contribution in [3.8, 4) is 17.0 Å².